The Labute approximate surface area is 86.7 Å². The number of nitrogens with zero attached hydrogens (tertiary/aromatic N) is 1. The number of para-hydroxylation sites is 2. The molecule has 0 radical (unpaired) electrons. The van der Waals surface area contributed by atoms with Gasteiger partial charge < -0.3 is 11.1 Å². The summed E-state index contributed by atoms with van der Waals surface area (Å²) in [6.45, 7) is 1.97. The molecule has 3 nitrogen and oxygen atoms in total. The number of rotatable bonds is 2. The van der Waals surface area contributed by atoms with Gasteiger partial charge in [0, 0.05) is 0 Å². The SMILES string of the molecule is Cc1cc(Nc2ccccc2N)sn1. The number of benzene rings is 1. The third-order valence-corrected chi connectivity index (χ3v) is 2.64. The van der Waals surface area contributed by atoms with Crippen molar-refractivity contribution < 1.29 is 0 Å². The second-order valence-electron chi connectivity index (χ2n) is 3.04. The van der Waals surface area contributed by atoms with Crippen LogP contribution in [-0.2, 0) is 0 Å². The lowest BCUT2D eigenvalue weighted by Crippen LogP contribution is -1.93. The van der Waals surface area contributed by atoms with Crippen LogP contribution in [0, 0.1) is 6.92 Å². The lowest BCUT2D eigenvalue weighted by molar-refractivity contribution is 1.35. The van der Waals surface area contributed by atoms with Crippen LogP contribution in [0.2, 0.25) is 0 Å². The minimum Gasteiger partial charge on any atom is -0.397 e. The van der Waals surface area contributed by atoms with E-state index in [1.54, 1.807) is 0 Å². The summed E-state index contributed by atoms with van der Waals surface area (Å²) in [6, 6.07) is 9.68. The minimum atomic E-state index is 0.749. The number of hydrogen-bond donors (Lipinski definition) is 2. The predicted molar refractivity (Wildman–Crippen MR) is 61.0 cm³/mol. The van der Waals surface area contributed by atoms with Crippen molar-refractivity contribution in [2.45, 2.75) is 6.92 Å². The molecule has 0 aliphatic rings. The molecule has 1 aromatic carbocycles. The Morgan fingerprint density at radius 3 is 2.79 bits per heavy atom. The first kappa shape index (κ1) is 9.02. The molecule has 0 fully saturated rings. The van der Waals surface area contributed by atoms with Crippen molar-refractivity contribution in [2.75, 3.05) is 11.1 Å². The van der Waals surface area contributed by atoms with E-state index in [4.69, 9.17) is 5.73 Å². The van der Waals surface area contributed by atoms with Crippen LogP contribution in [-0.4, -0.2) is 4.37 Å². The Morgan fingerprint density at radius 1 is 1.36 bits per heavy atom. The maximum Gasteiger partial charge on any atom is 0.114 e. The smallest absolute Gasteiger partial charge is 0.114 e. The summed E-state index contributed by atoms with van der Waals surface area (Å²) in [7, 11) is 0. The summed E-state index contributed by atoms with van der Waals surface area (Å²) >= 11 is 1.44. The Morgan fingerprint density at radius 2 is 2.14 bits per heavy atom. The topological polar surface area (TPSA) is 50.9 Å². The van der Waals surface area contributed by atoms with Crippen LogP contribution in [0.1, 0.15) is 5.69 Å². The van der Waals surface area contributed by atoms with E-state index in [9.17, 15) is 0 Å². The first-order valence-corrected chi connectivity index (χ1v) is 5.08. The van der Waals surface area contributed by atoms with Crippen LogP contribution >= 0.6 is 11.5 Å². The van der Waals surface area contributed by atoms with Crippen LogP contribution in [0.15, 0.2) is 30.3 Å². The molecule has 14 heavy (non-hydrogen) atoms. The third-order valence-electron chi connectivity index (χ3n) is 1.85. The van der Waals surface area contributed by atoms with E-state index in [2.05, 4.69) is 9.69 Å². The predicted octanol–water partition coefficient (Wildman–Crippen LogP) is 2.78. The van der Waals surface area contributed by atoms with Crippen LogP contribution in [0.5, 0.6) is 0 Å². The van der Waals surface area contributed by atoms with Crippen LogP contribution < -0.4 is 11.1 Å². The monoisotopic (exact) mass is 205 g/mol. The van der Waals surface area contributed by atoms with E-state index >= 15 is 0 Å². The Balaban J connectivity index is 2.23. The van der Waals surface area contributed by atoms with E-state index < -0.39 is 0 Å². The Hall–Kier alpha value is -1.55. The molecule has 4 heteroatoms. The average molecular weight is 205 g/mol. The molecule has 0 amide bonds. The molecule has 0 saturated heterocycles. The van der Waals surface area contributed by atoms with Gasteiger partial charge >= 0.3 is 0 Å². The van der Waals surface area contributed by atoms with Gasteiger partial charge in [-0.05, 0) is 36.7 Å². The second-order valence-corrected chi connectivity index (χ2v) is 3.85. The highest BCUT2D eigenvalue weighted by atomic mass is 32.1. The number of anilines is 3. The zero-order valence-electron chi connectivity index (χ0n) is 7.82. The van der Waals surface area contributed by atoms with Gasteiger partial charge in [0.25, 0.3) is 0 Å². The summed E-state index contributed by atoms with van der Waals surface area (Å²) in [6.07, 6.45) is 0. The van der Waals surface area contributed by atoms with Gasteiger partial charge in [0.15, 0.2) is 0 Å². The standard InChI is InChI=1S/C10H11N3S/c1-7-6-10(14-13-7)12-9-5-3-2-4-8(9)11/h2-6,12H,11H2,1H3. The van der Waals surface area contributed by atoms with Gasteiger partial charge in [-0.3, -0.25) is 0 Å². The number of aromatic nitrogens is 1. The van der Waals surface area contributed by atoms with Crippen molar-refractivity contribution in [3.8, 4) is 0 Å². The van der Waals surface area contributed by atoms with Gasteiger partial charge in [0.05, 0.1) is 17.1 Å². The summed E-state index contributed by atoms with van der Waals surface area (Å²) in [5.41, 5.74) is 8.49. The van der Waals surface area contributed by atoms with Gasteiger partial charge in [-0.15, -0.1) is 0 Å². The largest absolute Gasteiger partial charge is 0.397 e. The summed E-state index contributed by atoms with van der Waals surface area (Å²) in [5, 5.41) is 4.24. The van der Waals surface area contributed by atoms with Crippen LogP contribution in [0.4, 0.5) is 16.4 Å². The van der Waals surface area contributed by atoms with Gasteiger partial charge in [0.2, 0.25) is 0 Å². The summed E-state index contributed by atoms with van der Waals surface area (Å²) in [4.78, 5) is 0. The fourth-order valence-corrected chi connectivity index (χ4v) is 1.84. The number of nitrogen functional groups attached to an aromatic ring is 1. The lowest BCUT2D eigenvalue weighted by atomic mass is 10.3. The Kier molecular flexibility index (Phi) is 2.37. The molecule has 2 rings (SSSR count). The van der Waals surface area contributed by atoms with Crippen molar-refractivity contribution in [3.05, 3.63) is 36.0 Å². The molecule has 0 aliphatic carbocycles. The number of nitrogens with two attached hydrogens (primary N) is 1. The second kappa shape index (κ2) is 3.67. The van der Waals surface area contributed by atoms with E-state index in [1.807, 2.05) is 37.3 Å². The molecule has 0 spiro atoms. The fraction of sp³-hybridized carbons (Fsp3) is 0.100. The third kappa shape index (κ3) is 1.85. The molecule has 0 atom stereocenters. The maximum atomic E-state index is 5.80. The zero-order valence-corrected chi connectivity index (χ0v) is 8.64. The number of aryl methyl sites for hydroxylation is 1. The molecule has 0 saturated carbocycles. The number of hydrogen-bond acceptors (Lipinski definition) is 4. The molecule has 0 aliphatic heterocycles. The molecule has 72 valence electrons. The fourth-order valence-electron chi connectivity index (χ4n) is 1.17. The zero-order chi connectivity index (χ0) is 9.97. The van der Waals surface area contributed by atoms with Gasteiger partial charge in [-0.1, -0.05) is 12.1 Å². The summed E-state index contributed by atoms with van der Waals surface area (Å²) < 4.78 is 4.18. The van der Waals surface area contributed by atoms with Crippen molar-refractivity contribution in [1.29, 1.82) is 0 Å². The molecule has 3 N–H and O–H groups in total. The van der Waals surface area contributed by atoms with Crippen molar-refractivity contribution in [3.63, 3.8) is 0 Å². The van der Waals surface area contributed by atoms with Crippen LogP contribution in [0.3, 0.4) is 0 Å². The molecule has 1 heterocycles. The summed E-state index contributed by atoms with van der Waals surface area (Å²) in [5.74, 6) is 0. The number of nitrogens with one attached hydrogen (secondary N) is 1. The van der Waals surface area contributed by atoms with Crippen molar-refractivity contribution in [1.82, 2.24) is 4.37 Å². The van der Waals surface area contributed by atoms with Gasteiger partial charge in [-0.25, -0.2) is 0 Å². The molecular weight excluding hydrogens is 194 g/mol. The highest BCUT2D eigenvalue weighted by molar-refractivity contribution is 7.10. The molecule has 0 unspecified atom stereocenters. The molecule has 1 aromatic heterocycles. The van der Waals surface area contributed by atoms with Gasteiger partial charge in [-0.2, -0.15) is 4.37 Å². The lowest BCUT2D eigenvalue weighted by Gasteiger charge is -2.05. The van der Waals surface area contributed by atoms with E-state index in [0.29, 0.717) is 0 Å². The van der Waals surface area contributed by atoms with E-state index in [-0.39, 0.29) is 0 Å². The minimum absolute atomic E-state index is 0.749. The molecule has 0 bridgehead atoms. The average Bonchev–Trinajstić information content (AvgIpc) is 2.56. The molecular formula is C10H11N3S. The quantitative estimate of drug-likeness (QED) is 0.741. The van der Waals surface area contributed by atoms with E-state index in [0.717, 1.165) is 22.1 Å². The first-order valence-electron chi connectivity index (χ1n) is 4.30. The van der Waals surface area contributed by atoms with Gasteiger partial charge in [0.1, 0.15) is 5.00 Å². The van der Waals surface area contributed by atoms with Crippen molar-refractivity contribution in [2.24, 2.45) is 0 Å². The van der Waals surface area contributed by atoms with E-state index in [1.165, 1.54) is 11.5 Å². The van der Waals surface area contributed by atoms with Crippen molar-refractivity contribution >= 4 is 27.9 Å². The highest BCUT2D eigenvalue weighted by Gasteiger charge is 2.00. The maximum absolute atomic E-state index is 5.80. The highest BCUT2D eigenvalue weighted by Crippen LogP contribution is 2.25. The Bertz CT molecular complexity index is 436. The van der Waals surface area contributed by atoms with Crippen LogP contribution in [0.25, 0.3) is 0 Å². The first-order chi connectivity index (χ1) is 6.75. The normalized spacial score (nSPS) is 10.1. The molecule has 2 aromatic rings.